The summed E-state index contributed by atoms with van der Waals surface area (Å²) < 4.78 is 7.27. The van der Waals surface area contributed by atoms with E-state index in [9.17, 15) is 0 Å². The molecular weight excluding hydrogens is 314 g/mol. The lowest BCUT2D eigenvalue weighted by atomic mass is 10.2. The second-order valence-electron chi connectivity index (χ2n) is 5.70. The van der Waals surface area contributed by atoms with E-state index < -0.39 is 0 Å². The summed E-state index contributed by atoms with van der Waals surface area (Å²) in [7, 11) is 5.46. The van der Waals surface area contributed by atoms with E-state index in [1.165, 1.54) is 0 Å². The highest BCUT2D eigenvalue weighted by atomic mass is 16.5. The quantitative estimate of drug-likeness (QED) is 0.554. The Bertz CT molecular complexity index is 867. The van der Waals surface area contributed by atoms with Crippen LogP contribution in [0.15, 0.2) is 53.5 Å². The summed E-state index contributed by atoms with van der Waals surface area (Å²) in [5.41, 5.74) is 3.29. The van der Waals surface area contributed by atoms with Crippen molar-refractivity contribution in [3.63, 3.8) is 0 Å². The second-order valence-corrected chi connectivity index (χ2v) is 5.70. The second kappa shape index (κ2) is 7.70. The number of aryl methyl sites for hydroxylation is 1. The molecule has 0 aliphatic carbocycles. The SMILES string of the molecule is CN=C(NCc1ccc(OC)cc1)NCc1nc2ccccc2n1C. The monoisotopic (exact) mass is 337 g/mol. The van der Waals surface area contributed by atoms with Crippen LogP contribution in [0, 0.1) is 0 Å². The van der Waals surface area contributed by atoms with Crippen molar-refractivity contribution in [3.05, 3.63) is 59.9 Å². The topological polar surface area (TPSA) is 63.5 Å². The number of aliphatic imine (C=N–C) groups is 1. The van der Waals surface area contributed by atoms with Crippen LogP contribution in [0.3, 0.4) is 0 Å². The fraction of sp³-hybridized carbons (Fsp3) is 0.263. The highest BCUT2D eigenvalue weighted by Crippen LogP contribution is 2.14. The predicted molar refractivity (Wildman–Crippen MR) is 101 cm³/mol. The van der Waals surface area contributed by atoms with Crippen molar-refractivity contribution in [2.45, 2.75) is 13.1 Å². The number of nitrogens with zero attached hydrogens (tertiary/aromatic N) is 3. The number of benzene rings is 2. The molecule has 0 spiro atoms. The lowest BCUT2D eigenvalue weighted by molar-refractivity contribution is 0.414. The smallest absolute Gasteiger partial charge is 0.191 e. The Kier molecular flexibility index (Phi) is 5.18. The van der Waals surface area contributed by atoms with Gasteiger partial charge in [0.25, 0.3) is 0 Å². The Morgan fingerprint density at radius 1 is 1.08 bits per heavy atom. The highest BCUT2D eigenvalue weighted by molar-refractivity contribution is 5.80. The fourth-order valence-corrected chi connectivity index (χ4v) is 2.67. The van der Waals surface area contributed by atoms with Crippen LogP contribution in [0.25, 0.3) is 11.0 Å². The van der Waals surface area contributed by atoms with Gasteiger partial charge in [-0.05, 0) is 29.8 Å². The molecule has 0 radical (unpaired) electrons. The minimum Gasteiger partial charge on any atom is -0.497 e. The number of hydrogen-bond acceptors (Lipinski definition) is 3. The molecule has 2 aromatic carbocycles. The zero-order valence-electron chi connectivity index (χ0n) is 14.8. The first-order valence-corrected chi connectivity index (χ1v) is 8.19. The summed E-state index contributed by atoms with van der Waals surface area (Å²) >= 11 is 0. The van der Waals surface area contributed by atoms with Crippen molar-refractivity contribution in [2.75, 3.05) is 14.2 Å². The third-order valence-electron chi connectivity index (χ3n) is 4.14. The molecule has 0 unspecified atom stereocenters. The molecule has 3 rings (SSSR count). The van der Waals surface area contributed by atoms with Gasteiger partial charge < -0.3 is 19.9 Å². The molecule has 0 atom stereocenters. The van der Waals surface area contributed by atoms with E-state index in [4.69, 9.17) is 4.74 Å². The Balaban J connectivity index is 1.59. The minimum absolute atomic E-state index is 0.605. The number of guanidine groups is 1. The van der Waals surface area contributed by atoms with Crippen molar-refractivity contribution in [2.24, 2.45) is 12.0 Å². The van der Waals surface area contributed by atoms with Gasteiger partial charge in [0, 0.05) is 20.6 Å². The summed E-state index contributed by atoms with van der Waals surface area (Å²) in [6.45, 7) is 1.29. The molecule has 1 heterocycles. The van der Waals surface area contributed by atoms with E-state index in [-0.39, 0.29) is 0 Å². The van der Waals surface area contributed by atoms with Crippen molar-refractivity contribution >= 4 is 17.0 Å². The van der Waals surface area contributed by atoms with Crippen LogP contribution in [0.2, 0.25) is 0 Å². The maximum Gasteiger partial charge on any atom is 0.191 e. The molecule has 0 amide bonds. The number of nitrogens with one attached hydrogen (secondary N) is 2. The molecule has 0 aliphatic rings. The average Bonchev–Trinajstić information content (AvgIpc) is 2.98. The molecule has 6 nitrogen and oxygen atoms in total. The molecule has 0 saturated carbocycles. The summed E-state index contributed by atoms with van der Waals surface area (Å²) in [4.78, 5) is 8.93. The van der Waals surface area contributed by atoms with Crippen LogP contribution in [0.5, 0.6) is 5.75 Å². The van der Waals surface area contributed by atoms with E-state index in [2.05, 4.69) is 31.2 Å². The molecule has 25 heavy (non-hydrogen) atoms. The molecule has 130 valence electrons. The number of para-hydroxylation sites is 2. The van der Waals surface area contributed by atoms with Gasteiger partial charge in [-0.25, -0.2) is 4.98 Å². The first-order valence-electron chi connectivity index (χ1n) is 8.19. The zero-order chi connectivity index (χ0) is 17.6. The van der Waals surface area contributed by atoms with Gasteiger partial charge in [-0.15, -0.1) is 0 Å². The van der Waals surface area contributed by atoms with E-state index in [0.29, 0.717) is 13.1 Å². The molecule has 0 bridgehead atoms. The molecule has 6 heteroatoms. The first kappa shape index (κ1) is 16.8. The Morgan fingerprint density at radius 3 is 2.48 bits per heavy atom. The van der Waals surface area contributed by atoms with Gasteiger partial charge >= 0.3 is 0 Å². The lowest BCUT2D eigenvalue weighted by Gasteiger charge is -2.12. The van der Waals surface area contributed by atoms with Crippen LogP contribution >= 0.6 is 0 Å². The average molecular weight is 337 g/mol. The lowest BCUT2D eigenvalue weighted by Crippen LogP contribution is -2.36. The zero-order valence-corrected chi connectivity index (χ0v) is 14.8. The molecule has 0 fully saturated rings. The molecule has 1 aromatic heterocycles. The van der Waals surface area contributed by atoms with E-state index >= 15 is 0 Å². The van der Waals surface area contributed by atoms with Gasteiger partial charge in [0.1, 0.15) is 11.6 Å². The van der Waals surface area contributed by atoms with Crippen LogP contribution in [0.1, 0.15) is 11.4 Å². The predicted octanol–water partition coefficient (Wildman–Crippen LogP) is 2.45. The van der Waals surface area contributed by atoms with Gasteiger partial charge in [-0.2, -0.15) is 0 Å². The Labute approximate surface area is 147 Å². The minimum atomic E-state index is 0.605. The van der Waals surface area contributed by atoms with Crippen molar-refractivity contribution < 1.29 is 4.74 Å². The van der Waals surface area contributed by atoms with E-state index in [0.717, 1.165) is 34.1 Å². The highest BCUT2D eigenvalue weighted by Gasteiger charge is 2.07. The number of ether oxygens (including phenoxy) is 1. The van der Waals surface area contributed by atoms with Crippen LogP contribution in [-0.4, -0.2) is 29.7 Å². The number of aromatic nitrogens is 2. The molecule has 3 aromatic rings. The van der Waals surface area contributed by atoms with Gasteiger partial charge in [0.15, 0.2) is 5.96 Å². The van der Waals surface area contributed by atoms with Gasteiger partial charge in [0.2, 0.25) is 0 Å². The Hall–Kier alpha value is -3.02. The number of fused-ring (bicyclic) bond motifs is 1. The van der Waals surface area contributed by atoms with E-state index in [1.54, 1.807) is 14.2 Å². The maximum atomic E-state index is 5.17. The number of rotatable bonds is 5. The van der Waals surface area contributed by atoms with Crippen molar-refractivity contribution in [1.29, 1.82) is 0 Å². The van der Waals surface area contributed by atoms with Gasteiger partial charge in [0.05, 0.1) is 24.7 Å². The van der Waals surface area contributed by atoms with Gasteiger partial charge in [-0.3, -0.25) is 4.99 Å². The molecule has 0 aliphatic heterocycles. The first-order chi connectivity index (χ1) is 12.2. The summed E-state index contributed by atoms with van der Waals surface area (Å²) in [6, 6.07) is 16.1. The number of imidazole rings is 1. The van der Waals surface area contributed by atoms with Crippen LogP contribution in [-0.2, 0) is 20.1 Å². The van der Waals surface area contributed by atoms with Crippen molar-refractivity contribution in [1.82, 2.24) is 20.2 Å². The molecule has 2 N–H and O–H groups in total. The summed E-state index contributed by atoms with van der Waals surface area (Å²) in [6.07, 6.45) is 0. The third kappa shape index (κ3) is 3.91. The van der Waals surface area contributed by atoms with E-state index in [1.807, 2.05) is 49.5 Å². The van der Waals surface area contributed by atoms with Crippen LogP contribution in [0.4, 0.5) is 0 Å². The molecular formula is C19H23N5O. The Morgan fingerprint density at radius 2 is 1.80 bits per heavy atom. The van der Waals surface area contributed by atoms with Gasteiger partial charge in [-0.1, -0.05) is 24.3 Å². The summed E-state index contributed by atoms with van der Waals surface area (Å²) in [5.74, 6) is 2.56. The largest absolute Gasteiger partial charge is 0.497 e. The standard InChI is InChI=1S/C19H23N5O/c1-20-19(21-12-14-8-10-15(25-3)11-9-14)22-13-18-23-16-6-4-5-7-17(16)24(18)2/h4-11H,12-13H2,1-3H3,(H2,20,21,22). The number of hydrogen-bond donors (Lipinski definition) is 2. The fourth-order valence-electron chi connectivity index (χ4n) is 2.67. The normalized spacial score (nSPS) is 11.6. The summed E-state index contributed by atoms with van der Waals surface area (Å²) in [5, 5.41) is 6.62. The van der Waals surface area contributed by atoms with Crippen LogP contribution < -0.4 is 15.4 Å². The van der Waals surface area contributed by atoms with Crippen molar-refractivity contribution in [3.8, 4) is 5.75 Å². The third-order valence-corrected chi connectivity index (χ3v) is 4.14. The number of methoxy groups -OCH3 is 1. The molecule has 0 saturated heterocycles. The maximum absolute atomic E-state index is 5.17.